The summed E-state index contributed by atoms with van der Waals surface area (Å²) in [5.74, 6) is -0.459. The van der Waals surface area contributed by atoms with Crippen molar-refractivity contribution in [3.63, 3.8) is 0 Å². The predicted molar refractivity (Wildman–Crippen MR) is 120 cm³/mol. The van der Waals surface area contributed by atoms with E-state index in [0.717, 1.165) is 13.0 Å². The molecule has 2 rings (SSSR count). The molecule has 0 radical (unpaired) electrons. The monoisotopic (exact) mass is 417 g/mol. The van der Waals surface area contributed by atoms with Crippen LogP contribution in [0.2, 0.25) is 0 Å². The number of hydrogen-bond donors (Lipinski definition) is 0. The number of benzene rings is 1. The van der Waals surface area contributed by atoms with E-state index in [4.69, 9.17) is 9.47 Å². The molecule has 30 heavy (non-hydrogen) atoms. The van der Waals surface area contributed by atoms with E-state index in [2.05, 4.69) is 6.92 Å². The van der Waals surface area contributed by atoms with Gasteiger partial charge in [-0.2, -0.15) is 0 Å². The third-order valence-electron chi connectivity index (χ3n) is 5.60. The van der Waals surface area contributed by atoms with Crippen molar-refractivity contribution in [3.05, 3.63) is 35.4 Å². The first-order chi connectivity index (χ1) is 14.8. The lowest BCUT2D eigenvalue weighted by molar-refractivity contribution is 0.0346. The van der Waals surface area contributed by atoms with Crippen LogP contribution in [0.15, 0.2) is 24.3 Å². The molecule has 1 aromatic rings. The van der Waals surface area contributed by atoms with Crippen LogP contribution in [0.25, 0.3) is 0 Å². The summed E-state index contributed by atoms with van der Waals surface area (Å²) < 4.78 is 11.1. The summed E-state index contributed by atoms with van der Waals surface area (Å²) in [6.45, 7) is 4.70. The standard InChI is InChI=1S/C25H39NO4/c1-2-3-4-5-6-7-8-9-10-11-14-18-29-20-21-30-19-17-26-24(27)22-15-12-13-16-23(22)25(26)28/h12-13,15-16H,2-11,14,17-21H2,1H3. The second kappa shape index (κ2) is 15.1. The van der Waals surface area contributed by atoms with Crippen molar-refractivity contribution in [2.24, 2.45) is 0 Å². The molecule has 0 saturated carbocycles. The lowest BCUT2D eigenvalue weighted by Crippen LogP contribution is -2.33. The molecule has 5 nitrogen and oxygen atoms in total. The minimum Gasteiger partial charge on any atom is -0.379 e. The molecule has 0 aliphatic carbocycles. The van der Waals surface area contributed by atoms with Gasteiger partial charge in [-0.05, 0) is 18.6 Å². The van der Waals surface area contributed by atoms with Gasteiger partial charge in [0.1, 0.15) is 0 Å². The third-order valence-corrected chi connectivity index (χ3v) is 5.60. The maximum absolute atomic E-state index is 12.2. The highest BCUT2D eigenvalue weighted by Gasteiger charge is 2.34. The Morgan fingerprint density at radius 2 is 1.10 bits per heavy atom. The van der Waals surface area contributed by atoms with E-state index >= 15 is 0 Å². The molecule has 0 N–H and O–H groups in total. The highest BCUT2D eigenvalue weighted by Crippen LogP contribution is 2.21. The first kappa shape index (κ1) is 24.5. The summed E-state index contributed by atoms with van der Waals surface area (Å²) in [4.78, 5) is 25.7. The number of rotatable bonds is 18. The van der Waals surface area contributed by atoms with Crippen molar-refractivity contribution in [1.82, 2.24) is 4.90 Å². The minimum absolute atomic E-state index is 0.230. The van der Waals surface area contributed by atoms with Crippen LogP contribution in [-0.4, -0.2) is 49.7 Å². The molecule has 168 valence electrons. The number of nitrogens with zero attached hydrogens (tertiary/aromatic N) is 1. The average molecular weight is 418 g/mol. The highest BCUT2D eigenvalue weighted by atomic mass is 16.5. The van der Waals surface area contributed by atoms with Crippen LogP contribution < -0.4 is 0 Å². The van der Waals surface area contributed by atoms with Crippen LogP contribution in [0.4, 0.5) is 0 Å². The van der Waals surface area contributed by atoms with E-state index in [-0.39, 0.29) is 18.4 Å². The molecule has 0 spiro atoms. The Labute approximate surface area is 182 Å². The zero-order chi connectivity index (χ0) is 21.4. The Morgan fingerprint density at radius 1 is 0.633 bits per heavy atom. The Bertz CT molecular complexity index is 596. The molecular formula is C25H39NO4. The van der Waals surface area contributed by atoms with Crippen molar-refractivity contribution >= 4 is 11.8 Å². The van der Waals surface area contributed by atoms with Gasteiger partial charge in [0.05, 0.1) is 37.5 Å². The molecule has 1 heterocycles. The maximum atomic E-state index is 12.2. The van der Waals surface area contributed by atoms with Crippen molar-refractivity contribution in [2.45, 2.75) is 77.6 Å². The van der Waals surface area contributed by atoms with E-state index in [9.17, 15) is 9.59 Å². The van der Waals surface area contributed by atoms with E-state index < -0.39 is 0 Å². The van der Waals surface area contributed by atoms with Gasteiger partial charge in [0.2, 0.25) is 0 Å². The van der Waals surface area contributed by atoms with Crippen LogP contribution >= 0.6 is 0 Å². The summed E-state index contributed by atoms with van der Waals surface area (Å²) in [6, 6.07) is 6.94. The van der Waals surface area contributed by atoms with Crippen molar-refractivity contribution in [2.75, 3.05) is 33.0 Å². The zero-order valence-electron chi connectivity index (χ0n) is 18.7. The molecule has 0 bridgehead atoms. The molecule has 2 amide bonds. The molecule has 0 fully saturated rings. The summed E-state index contributed by atoms with van der Waals surface area (Å²) in [5.41, 5.74) is 0.968. The molecule has 0 atom stereocenters. The number of amides is 2. The second-order valence-electron chi connectivity index (χ2n) is 8.07. The van der Waals surface area contributed by atoms with Gasteiger partial charge < -0.3 is 9.47 Å². The summed E-state index contributed by atoms with van der Waals surface area (Å²) in [7, 11) is 0. The van der Waals surface area contributed by atoms with E-state index in [1.165, 1.54) is 69.1 Å². The molecular weight excluding hydrogens is 378 g/mol. The zero-order valence-corrected chi connectivity index (χ0v) is 18.7. The third kappa shape index (κ3) is 8.57. The van der Waals surface area contributed by atoms with Gasteiger partial charge in [-0.3, -0.25) is 14.5 Å². The van der Waals surface area contributed by atoms with Gasteiger partial charge >= 0.3 is 0 Å². The number of hydrogen-bond acceptors (Lipinski definition) is 4. The Kier molecular flexibility index (Phi) is 12.4. The van der Waals surface area contributed by atoms with Gasteiger partial charge in [-0.15, -0.1) is 0 Å². The molecule has 1 aliphatic rings. The number of imide groups is 1. The van der Waals surface area contributed by atoms with Crippen LogP contribution in [0.5, 0.6) is 0 Å². The SMILES string of the molecule is CCCCCCCCCCCCCOCCOCCN1C(=O)c2ccccc2C1=O. The summed E-state index contributed by atoms with van der Waals surface area (Å²) in [6.07, 6.45) is 14.7. The van der Waals surface area contributed by atoms with Gasteiger partial charge in [-0.1, -0.05) is 83.3 Å². The number of fused-ring (bicyclic) bond motifs is 1. The Balaban J connectivity index is 1.35. The molecule has 1 aliphatic heterocycles. The van der Waals surface area contributed by atoms with Crippen LogP contribution in [0, 0.1) is 0 Å². The smallest absolute Gasteiger partial charge is 0.261 e. The van der Waals surface area contributed by atoms with E-state index in [1.807, 2.05) is 0 Å². The van der Waals surface area contributed by atoms with Gasteiger partial charge in [0.25, 0.3) is 11.8 Å². The fourth-order valence-corrected chi connectivity index (χ4v) is 3.79. The van der Waals surface area contributed by atoms with Crippen molar-refractivity contribution in [1.29, 1.82) is 0 Å². The topological polar surface area (TPSA) is 55.8 Å². The van der Waals surface area contributed by atoms with Gasteiger partial charge in [-0.25, -0.2) is 0 Å². The van der Waals surface area contributed by atoms with Crippen molar-refractivity contribution < 1.29 is 19.1 Å². The molecule has 0 unspecified atom stereocenters. The number of ether oxygens (including phenoxy) is 2. The summed E-state index contributed by atoms with van der Waals surface area (Å²) in [5, 5.41) is 0. The minimum atomic E-state index is -0.230. The molecule has 1 aromatic carbocycles. The fraction of sp³-hybridized carbons (Fsp3) is 0.680. The fourth-order valence-electron chi connectivity index (χ4n) is 3.79. The Hall–Kier alpha value is -1.72. The largest absolute Gasteiger partial charge is 0.379 e. The first-order valence-electron chi connectivity index (χ1n) is 11.9. The molecule has 0 aromatic heterocycles. The van der Waals surface area contributed by atoms with E-state index in [1.54, 1.807) is 24.3 Å². The van der Waals surface area contributed by atoms with Crippen LogP contribution in [0.3, 0.4) is 0 Å². The quantitative estimate of drug-likeness (QED) is 0.229. The lowest BCUT2D eigenvalue weighted by Gasteiger charge is -2.13. The maximum Gasteiger partial charge on any atom is 0.261 e. The number of unbranched alkanes of at least 4 members (excludes halogenated alkanes) is 10. The van der Waals surface area contributed by atoms with Gasteiger partial charge in [0.15, 0.2) is 0 Å². The van der Waals surface area contributed by atoms with Crippen molar-refractivity contribution in [3.8, 4) is 0 Å². The normalized spacial score (nSPS) is 13.3. The van der Waals surface area contributed by atoms with E-state index in [0.29, 0.717) is 30.9 Å². The number of carbonyl (C=O) groups excluding carboxylic acids is 2. The highest BCUT2D eigenvalue weighted by molar-refractivity contribution is 6.21. The molecule has 5 heteroatoms. The van der Waals surface area contributed by atoms with Crippen LogP contribution in [0.1, 0.15) is 98.3 Å². The lowest BCUT2D eigenvalue weighted by atomic mass is 10.1. The molecule has 0 saturated heterocycles. The Morgan fingerprint density at radius 3 is 1.63 bits per heavy atom. The first-order valence-corrected chi connectivity index (χ1v) is 11.9. The predicted octanol–water partition coefficient (Wildman–Crippen LogP) is 5.63. The van der Waals surface area contributed by atoms with Gasteiger partial charge in [0, 0.05) is 6.61 Å². The number of carbonyl (C=O) groups is 2. The second-order valence-corrected chi connectivity index (χ2v) is 8.07. The summed E-state index contributed by atoms with van der Waals surface area (Å²) >= 11 is 0. The average Bonchev–Trinajstić information content (AvgIpc) is 3.01. The van der Waals surface area contributed by atoms with Crippen LogP contribution in [-0.2, 0) is 9.47 Å².